The summed E-state index contributed by atoms with van der Waals surface area (Å²) < 4.78 is 5.22. The lowest BCUT2D eigenvalue weighted by Gasteiger charge is -2.13. The highest BCUT2D eigenvalue weighted by Gasteiger charge is 2.05. The predicted octanol–water partition coefficient (Wildman–Crippen LogP) is 3.17. The van der Waals surface area contributed by atoms with Gasteiger partial charge in [0.05, 0.1) is 6.61 Å². The van der Waals surface area contributed by atoms with Gasteiger partial charge in [0.25, 0.3) is 0 Å². The van der Waals surface area contributed by atoms with Crippen LogP contribution in [0.2, 0.25) is 0 Å². The molecule has 0 aromatic carbocycles. The molecule has 0 fully saturated rings. The van der Waals surface area contributed by atoms with E-state index >= 15 is 0 Å². The summed E-state index contributed by atoms with van der Waals surface area (Å²) in [7, 11) is 0. The van der Waals surface area contributed by atoms with Crippen LogP contribution >= 0.6 is 0 Å². The van der Waals surface area contributed by atoms with Gasteiger partial charge in [-0.15, -0.1) is 0 Å². The van der Waals surface area contributed by atoms with E-state index in [0.29, 0.717) is 5.92 Å². The molecule has 1 unspecified atom stereocenters. The van der Waals surface area contributed by atoms with Crippen LogP contribution < -0.4 is 5.48 Å². The Morgan fingerprint density at radius 3 is 2.56 bits per heavy atom. The maximum atomic E-state index is 5.33. The quantitative estimate of drug-likeness (QED) is 0.381. The first-order valence-corrected chi connectivity index (χ1v) is 6.71. The summed E-state index contributed by atoms with van der Waals surface area (Å²) in [5.41, 5.74) is 4.06. The first kappa shape index (κ1) is 15.9. The molecule has 0 aromatic heterocycles. The zero-order chi connectivity index (χ0) is 12.1. The van der Waals surface area contributed by atoms with E-state index in [0.717, 1.165) is 32.8 Å². The fraction of sp³-hybridized carbons (Fsp3) is 1.00. The summed E-state index contributed by atoms with van der Waals surface area (Å²) in [6.45, 7) is 9.57. The fourth-order valence-electron chi connectivity index (χ4n) is 1.50. The zero-order valence-corrected chi connectivity index (χ0v) is 11.2. The minimum atomic E-state index is 0.676. The summed E-state index contributed by atoms with van der Waals surface area (Å²) in [5.74, 6) is 0.676. The third-order valence-corrected chi connectivity index (χ3v) is 2.69. The van der Waals surface area contributed by atoms with Crippen molar-refractivity contribution in [3.63, 3.8) is 0 Å². The summed E-state index contributed by atoms with van der Waals surface area (Å²) in [6, 6.07) is 0. The van der Waals surface area contributed by atoms with Crippen molar-refractivity contribution in [2.75, 3.05) is 26.4 Å². The van der Waals surface area contributed by atoms with Crippen LogP contribution in [-0.2, 0) is 9.57 Å². The number of hydrogen-bond acceptors (Lipinski definition) is 2. The van der Waals surface area contributed by atoms with Crippen LogP contribution in [0.1, 0.15) is 52.9 Å². The van der Waals surface area contributed by atoms with Crippen molar-refractivity contribution < 1.29 is 9.57 Å². The van der Waals surface area contributed by atoms with Gasteiger partial charge in [-0.05, 0) is 25.7 Å². The second-order valence-corrected chi connectivity index (χ2v) is 4.12. The highest BCUT2D eigenvalue weighted by atomic mass is 16.6. The van der Waals surface area contributed by atoms with E-state index in [2.05, 4.69) is 19.3 Å². The Balaban J connectivity index is 3.20. The van der Waals surface area contributed by atoms with Gasteiger partial charge >= 0.3 is 0 Å². The van der Waals surface area contributed by atoms with Gasteiger partial charge in [-0.3, -0.25) is 4.84 Å². The van der Waals surface area contributed by atoms with Crippen LogP contribution in [0.15, 0.2) is 0 Å². The molecule has 1 atom stereocenters. The molecule has 3 nitrogen and oxygen atoms in total. The van der Waals surface area contributed by atoms with E-state index in [9.17, 15) is 0 Å². The molecule has 97 valence electrons. The molecule has 0 rings (SSSR count). The minimum absolute atomic E-state index is 0.676. The lowest BCUT2D eigenvalue weighted by Crippen LogP contribution is -2.16. The SMILES string of the molecule is CCCCC(CC)CO[N]CCCOCC. The number of rotatable bonds is 12. The number of unbranched alkanes of at least 4 members (excludes halogenated alkanes) is 1. The first-order chi connectivity index (χ1) is 7.85. The van der Waals surface area contributed by atoms with Gasteiger partial charge in [0.1, 0.15) is 0 Å². The summed E-state index contributed by atoms with van der Waals surface area (Å²) >= 11 is 0. The molecule has 0 spiro atoms. The molecule has 0 aliphatic heterocycles. The molecule has 3 heteroatoms. The van der Waals surface area contributed by atoms with Gasteiger partial charge in [-0.2, -0.15) is 0 Å². The molecule has 1 radical (unpaired) electrons. The Hall–Kier alpha value is -0.120. The Labute approximate surface area is 101 Å². The summed E-state index contributed by atoms with van der Waals surface area (Å²) in [5, 5.41) is 0. The van der Waals surface area contributed by atoms with Crippen molar-refractivity contribution in [2.45, 2.75) is 52.9 Å². The van der Waals surface area contributed by atoms with Crippen molar-refractivity contribution >= 4 is 0 Å². The predicted molar refractivity (Wildman–Crippen MR) is 67.4 cm³/mol. The van der Waals surface area contributed by atoms with Crippen LogP contribution in [0.5, 0.6) is 0 Å². The van der Waals surface area contributed by atoms with E-state index in [4.69, 9.17) is 9.57 Å². The van der Waals surface area contributed by atoms with Crippen LogP contribution in [0.3, 0.4) is 0 Å². The second kappa shape index (κ2) is 12.9. The monoisotopic (exact) mass is 230 g/mol. The molecule has 0 aliphatic rings. The lowest BCUT2D eigenvalue weighted by molar-refractivity contribution is 0.00241. The molecule has 0 amide bonds. The van der Waals surface area contributed by atoms with Crippen LogP contribution in [0.4, 0.5) is 0 Å². The van der Waals surface area contributed by atoms with Crippen molar-refractivity contribution in [1.29, 1.82) is 0 Å². The van der Waals surface area contributed by atoms with E-state index in [1.54, 1.807) is 0 Å². The molecule has 16 heavy (non-hydrogen) atoms. The van der Waals surface area contributed by atoms with Crippen molar-refractivity contribution in [3.8, 4) is 0 Å². The highest BCUT2D eigenvalue weighted by molar-refractivity contribution is 4.55. The molecule has 0 saturated carbocycles. The molecular formula is C13H28NO2. The van der Waals surface area contributed by atoms with Gasteiger partial charge < -0.3 is 4.74 Å². The van der Waals surface area contributed by atoms with Crippen LogP contribution in [0.25, 0.3) is 0 Å². The topological polar surface area (TPSA) is 32.6 Å². The Kier molecular flexibility index (Phi) is 12.9. The number of ether oxygens (including phenoxy) is 1. The molecule has 0 bridgehead atoms. The molecular weight excluding hydrogens is 202 g/mol. The van der Waals surface area contributed by atoms with Gasteiger partial charge in [-0.1, -0.05) is 38.6 Å². The Morgan fingerprint density at radius 2 is 1.94 bits per heavy atom. The van der Waals surface area contributed by atoms with Crippen molar-refractivity contribution in [2.24, 2.45) is 5.92 Å². The van der Waals surface area contributed by atoms with Crippen LogP contribution in [-0.4, -0.2) is 26.4 Å². The number of hydrogen-bond donors (Lipinski definition) is 0. The third kappa shape index (κ3) is 10.4. The zero-order valence-electron chi connectivity index (χ0n) is 11.2. The molecule has 0 aliphatic carbocycles. The molecule has 0 N–H and O–H groups in total. The maximum Gasteiger partial charge on any atom is 0.0730 e. The average molecular weight is 230 g/mol. The normalized spacial score (nSPS) is 12.9. The molecule has 0 heterocycles. The van der Waals surface area contributed by atoms with Crippen molar-refractivity contribution in [1.82, 2.24) is 5.48 Å². The highest BCUT2D eigenvalue weighted by Crippen LogP contribution is 2.12. The van der Waals surface area contributed by atoms with Crippen LogP contribution in [0, 0.1) is 5.92 Å². The largest absolute Gasteiger partial charge is 0.382 e. The first-order valence-electron chi connectivity index (χ1n) is 6.71. The smallest absolute Gasteiger partial charge is 0.0730 e. The third-order valence-electron chi connectivity index (χ3n) is 2.69. The summed E-state index contributed by atoms with van der Waals surface area (Å²) in [4.78, 5) is 5.33. The van der Waals surface area contributed by atoms with Crippen molar-refractivity contribution in [3.05, 3.63) is 0 Å². The summed E-state index contributed by atoms with van der Waals surface area (Å²) in [6.07, 6.45) is 5.98. The lowest BCUT2D eigenvalue weighted by atomic mass is 10.0. The van der Waals surface area contributed by atoms with E-state index in [1.807, 2.05) is 6.92 Å². The van der Waals surface area contributed by atoms with E-state index in [1.165, 1.54) is 25.7 Å². The molecule has 0 saturated heterocycles. The maximum absolute atomic E-state index is 5.33. The van der Waals surface area contributed by atoms with Gasteiger partial charge in [0.2, 0.25) is 0 Å². The minimum Gasteiger partial charge on any atom is -0.382 e. The molecule has 0 aromatic rings. The standard InChI is InChI=1S/C13H28NO2/c1-4-7-9-13(5-2)12-16-14-10-8-11-15-6-3/h13H,4-12H2,1-3H3. The number of nitrogens with zero attached hydrogens (tertiary/aromatic N) is 1. The van der Waals surface area contributed by atoms with E-state index < -0.39 is 0 Å². The number of hydroxylamine groups is 1. The second-order valence-electron chi connectivity index (χ2n) is 4.12. The Bertz CT molecular complexity index is 131. The van der Waals surface area contributed by atoms with Gasteiger partial charge in [0.15, 0.2) is 0 Å². The van der Waals surface area contributed by atoms with Gasteiger partial charge in [0, 0.05) is 19.8 Å². The Morgan fingerprint density at radius 1 is 1.12 bits per heavy atom. The average Bonchev–Trinajstić information content (AvgIpc) is 2.32. The van der Waals surface area contributed by atoms with E-state index in [-0.39, 0.29) is 0 Å². The fourth-order valence-corrected chi connectivity index (χ4v) is 1.50. The van der Waals surface area contributed by atoms with Gasteiger partial charge in [-0.25, -0.2) is 0 Å².